The maximum absolute atomic E-state index is 12.4. The molecule has 286 valence electrons. The van der Waals surface area contributed by atoms with E-state index in [1.54, 1.807) is 0 Å². The molecule has 0 saturated carbocycles. The first-order chi connectivity index (χ1) is 23.8. The molecule has 0 fully saturated rings. The monoisotopic (exact) mass is 714 g/mol. The third-order valence-corrected chi connectivity index (χ3v) is 7.98. The van der Waals surface area contributed by atoms with Crippen LogP contribution in [0.25, 0.3) is 0 Å². The quantitative estimate of drug-likeness (QED) is 0.0466. The van der Waals surface area contributed by atoms with E-state index in [9.17, 15) is 53.7 Å². The van der Waals surface area contributed by atoms with E-state index in [0.29, 0.717) is 6.42 Å². The van der Waals surface area contributed by atoms with Crippen molar-refractivity contribution in [2.75, 3.05) is 13.2 Å². The summed E-state index contributed by atoms with van der Waals surface area (Å²) in [4.78, 5) is 93.6. The minimum absolute atomic E-state index is 0.144. The summed E-state index contributed by atoms with van der Waals surface area (Å²) in [5, 5.41) is 46.0. The predicted molar refractivity (Wildman–Crippen MR) is 182 cm³/mol. The van der Waals surface area contributed by atoms with E-state index >= 15 is 0 Å². The second kappa shape index (κ2) is 28.7. The largest absolute Gasteiger partial charge is 0.481 e. The first-order valence-corrected chi connectivity index (χ1v) is 17.7. The van der Waals surface area contributed by atoms with Crippen molar-refractivity contribution < 1.29 is 58.8 Å². The molecule has 16 heteroatoms. The number of hydrogen-bond acceptors (Lipinski definition) is 9. The zero-order chi connectivity index (χ0) is 37.7. The van der Waals surface area contributed by atoms with Crippen molar-refractivity contribution in [1.82, 2.24) is 21.3 Å². The van der Waals surface area contributed by atoms with Gasteiger partial charge in [-0.2, -0.15) is 0 Å². The number of nitrogens with one attached hydrogen (secondary N) is 4. The van der Waals surface area contributed by atoms with Crippen LogP contribution in [0.5, 0.6) is 0 Å². The number of carbonyl (C=O) groups is 8. The molecule has 0 heterocycles. The van der Waals surface area contributed by atoms with Crippen LogP contribution in [0.1, 0.15) is 135 Å². The highest BCUT2D eigenvalue weighted by molar-refractivity contribution is 5.91. The molecular formula is C34H58N4O12. The van der Waals surface area contributed by atoms with Gasteiger partial charge in [0.1, 0.15) is 23.9 Å². The summed E-state index contributed by atoms with van der Waals surface area (Å²) in [5.74, 6) is -6.68. The number of unbranched alkanes of at least 4 members (excludes halogenated alkanes) is 13. The number of carboxylic acid groups (broad SMARTS) is 3. The summed E-state index contributed by atoms with van der Waals surface area (Å²) < 4.78 is 0. The van der Waals surface area contributed by atoms with Crippen LogP contribution in [0.15, 0.2) is 0 Å². The Morgan fingerprint density at radius 2 is 0.820 bits per heavy atom. The van der Waals surface area contributed by atoms with Crippen molar-refractivity contribution in [1.29, 1.82) is 0 Å². The number of hydrogen-bond donors (Lipinski definition) is 8. The number of ketones is 1. The van der Waals surface area contributed by atoms with E-state index in [1.807, 2.05) is 0 Å². The number of aliphatic hydroxyl groups is 1. The van der Waals surface area contributed by atoms with Crippen LogP contribution in [0.2, 0.25) is 0 Å². The van der Waals surface area contributed by atoms with Gasteiger partial charge in [0.15, 0.2) is 0 Å². The Morgan fingerprint density at radius 3 is 1.16 bits per heavy atom. The van der Waals surface area contributed by atoms with Gasteiger partial charge in [-0.3, -0.25) is 28.8 Å². The molecule has 0 saturated heterocycles. The molecular weight excluding hydrogens is 656 g/mol. The van der Waals surface area contributed by atoms with Gasteiger partial charge >= 0.3 is 17.9 Å². The lowest BCUT2D eigenvalue weighted by Gasteiger charge is -2.18. The van der Waals surface area contributed by atoms with E-state index in [0.717, 1.165) is 57.8 Å². The van der Waals surface area contributed by atoms with Crippen molar-refractivity contribution >= 4 is 47.3 Å². The average Bonchev–Trinajstić information content (AvgIpc) is 3.05. The van der Waals surface area contributed by atoms with E-state index in [4.69, 9.17) is 5.11 Å². The van der Waals surface area contributed by atoms with Gasteiger partial charge in [0.2, 0.25) is 23.6 Å². The molecule has 0 aromatic heterocycles. The van der Waals surface area contributed by atoms with E-state index in [-0.39, 0.29) is 38.0 Å². The molecule has 50 heavy (non-hydrogen) atoms. The molecule has 0 aliphatic rings. The van der Waals surface area contributed by atoms with Crippen LogP contribution >= 0.6 is 0 Å². The molecule has 4 amide bonds. The van der Waals surface area contributed by atoms with Gasteiger partial charge in [0.05, 0.1) is 13.2 Å². The average molecular weight is 715 g/mol. The highest BCUT2D eigenvalue weighted by Gasteiger charge is 2.26. The lowest BCUT2D eigenvalue weighted by Crippen LogP contribution is -2.50. The van der Waals surface area contributed by atoms with Crippen molar-refractivity contribution in [3.63, 3.8) is 0 Å². The Kier molecular flexibility index (Phi) is 26.4. The smallest absolute Gasteiger partial charge is 0.326 e. The summed E-state index contributed by atoms with van der Waals surface area (Å²) in [6.45, 7) is 0.177. The molecule has 16 nitrogen and oxygen atoms in total. The summed E-state index contributed by atoms with van der Waals surface area (Å²) in [6.07, 6.45) is 13.4. The fraction of sp³-hybridized carbons (Fsp3) is 0.765. The molecule has 0 aromatic carbocycles. The summed E-state index contributed by atoms with van der Waals surface area (Å²) in [5.41, 5.74) is 0. The van der Waals surface area contributed by atoms with Gasteiger partial charge in [0, 0.05) is 25.7 Å². The lowest BCUT2D eigenvalue weighted by atomic mass is 10.0. The van der Waals surface area contributed by atoms with E-state index in [1.165, 1.54) is 32.6 Å². The molecule has 0 unspecified atom stereocenters. The van der Waals surface area contributed by atoms with Gasteiger partial charge in [-0.1, -0.05) is 77.0 Å². The number of carboxylic acids is 3. The molecule has 8 N–H and O–H groups in total. The summed E-state index contributed by atoms with van der Waals surface area (Å²) in [7, 11) is 0. The minimum Gasteiger partial charge on any atom is -0.481 e. The van der Waals surface area contributed by atoms with Crippen molar-refractivity contribution in [2.45, 2.75) is 153 Å². The Bertz CT molecular complexity index is 1080. The van der Waals surface area contributed by atoms with Crippen molar-refractivity contribution in [3.8, 4) is 0 Å². The van der Waals surface area contributed by atoms with Crippen LogP contribution in [-0.2, 0) is 38.4 Å². The van der Waals surface area contributed by atoms with Gasteiger partial charge < -0.3 is 41.7 Å². The van der Waals surface area contributed by atoms with Crippen LogP contribution < -0.4 is 21.3 Å². The molecule has 0 aliphatic heterocycles. The number of aliphatic hydroxyl groups excluding tert-OH is 1. The molecule has 0 aromatic rings. The number of Topliss-reactive ketones (excluding diaryl/α,β-unsaturated/α-hetero) is 1. The van der Waals surface area contributed by atoms with Gasteiger partial charge in [-0.25, -0.2) is 9.59 Å². The lowest BCUT2D eigenvalue weighted by molar-refractivity contribution is -0.143. The third-order valence-electron chi connectivity index (χ3n) is 7.98. The fourth-order valence-corrected chi connectivity index (χ4v) is 5.08. The van der Waals surface area contributed by atoms with Crippen molar-refractivity contribution in [3.05, 3.63) is 0 Å². The van der Waals surface area contributed by atoms with E-state index < -0.39 is 79.1 Å². The Balaban J connectivity index is 4.23. The minimum atomic E-state index is -1.50. The van der Waals surface area contributed by atoms with Crippen LogP contribution in [0.3, 0.4) is 0 Å². The van der Waals surface area contributed by atoms with Gasteiger partial charge in [-0.15, -0.1) is 0 Å². The zero-order valence-corrected chi connectivity index (χ0v) is 29.3. The number of carbonyl (C=O) groups excluding carboxylic acids is 5. The molecule has 0 aliphatic carbocycles. The Hall–Kier alpha value is -4.08. The molecule has 0 spiro atoms. The van der Waals surface area contributed by atoms with Gasteiger partial charge in [0.25, 0.3) is 0 Å². The van der Waals surface area contributed by atoms with Crippen LogP contribution in [-0.4, -0.2) is 99.0 Å². The van der Waals surface area contributed by atoms with Crippen molar-refractivity contribution in [2.24, 2.45) is 0 Å². The summed E-state index contributed by atoms with van der Waals surface area (Å²) in [6, 6.07) is -4.20. The first kappa shape index (κ1) is 45.9. The fourth-order valence-electron chi connectivity index (χ4n) is 5.08. The number of amides is 4. The topological polar surface area (TPSA) is 266 Å². The SMILES string of the molecule is CC(=O)CNC(=O)[C@H](CO)NC(=O)CC[C@H](NC(=O)CC[C@H](NC(=O)CCCCCCCCCCCCCCCCC(=O)O)C(=O)O)C(=O)O. The number of rotatable bonds is 32. The zero-order valence-electron chi connectivity index (χ0n) is 29.3. The first-order valence-electron chi connectivity index (χ1n) is 17.7. The number of aliphatic carboxylic acids is 3. The maximum atomic E-state index is 12.4. The maximum Gasteiger partial charge on any atom is 0.326 e. The molecule has 0 bridgehead atoms. The molecule has 0 rings (SSSR count). The van der Waals surface area contributed by atoms with Crippen LogP contribution in [0.4, 0.5) is 0 Å². The normalized spacial score (nSPS) is 12.6. The summed E-state index contributed by atoms with van der Waals surface area (Å²) >= 11 is 0. The highest BCUT2D eigenvalue weighted by Crippen LogP contribution is 2.14. The third kappa shape index (κ3) is 25.9. The van der Waals surface area contributed by atoms with E-state index in [2.05, 4.69) is 21.3 Å². The Labute approximate surface area is 293 Å². The highest BCUT2D eigenvalue weighted by atomic mass is 16.4. The second-order valence-electron chi connectivity index (χ2n) is 12.6. The second-order valence-corrected chi connectivity index (χ2v) is 12.6. The molecule has 3 atom stereocenters. The Morgan fingerprint density at radius 1 is 0.480 bits per heavy atom. The van der Waals surface area contributed by atoms with Crippen LogP contribution in [0, 0.1) is 0 Å². The molecule has 0 radical (unpaired) electrons. The standard InChI is InChI=1S/C34H58N4O12/c1-24(40)22-35-32(46)27(23-39)38-30(43)21-19-26(34(49)50)37-29(42)20-18-25(33(47)48)36-28(41)16-14-12-10-8-6-4-2-3-5-7-9-11-13-15-17-31(44)45/h25-27,39H,2-23H2,1H3,(H,35,46)(H,36,41)(H,37,42)(H,38,43)(H,44,45)(H,47,48)(H,49,50)/t25-,26-,27-/m0/s1. The van der Waals surface area contributed by atoms with Gasteiger partial charge in [-0.05, 0) is 32.6 Å². The predicted octanol–water partition coefficient (Wildman–Crippen LogP) is 2.19.